The smallest absolute Gasteiger partial charge is 0.255 e. The van der Waals surface area contributed by atoms with E-state index in [9.17, 15) is 4.79 Å². The lowest BCUT2D eigenvalue weighted by atomic mass is 9.81. The molecule has 202 valence electrons. The third-order valence-electron chi connectivity index (χ3n) is 5.67. The van der Waals surface area contributed by atoms with Crippen molar-refractivity contribution in [3.63, 3.8) is 0 Å². The van der Waals surface area contributed by atoms with Crippen LogP contribution in [0, 0.1) is 5.41 Å². The lowest BCUT2D eigenvalue weighted by molar-refractivity contribution is 0.0496. The molecule has 0 unspecified atom stereocenters. The molecule has 9 nitrogen and oxygen atoms in total. The predicted molar refractivity (Wildman–Crippen MR) is 149 cm³/mol. The summed E-state index contributed by atoms with van der Waals surface area (Å²) in [7, 11) is 0.262. The molecule has 0 aliphatic carbocycles. The van der Waals surface area contributed by atoms with Gasteiger partial charge in [-0.2, -0.15) is 0 Å². The van der Waals surface area contributed by atoms with Crippen molar-refractivity contribution in [1.82, 2.24) is 25.3 Å². The summed E-state index contributed by atoms with van der Waals surface area (Å²) in [4.78, 5) is 30.0. The number of rotatable bonds is 11. The van der Waals surface area contributed by atoms with Gasteiger partial charge in [0.15, 0.2) is 12.5 Å². The fourth-order valence-electron chi connectivity index (χ4n) is 4.45. The van der Waals surface area contributed by atoms with Crippen LogP contribution in [0.4, 0.5) is 0 Å². The topological polar surface area (TPSA) is 111 Å². The zero-order chi connectivity index (χ0) is 27.4. The number of H-pyrrole nitrogens is 1. The Balaban J connectivity index is 2.00. The molecule has 0 bridgehead atoms. The minimum Gasteiger partial charge on any atom is -0.477 e. The second kappa shape index (κ2) is 11.2. The molecule has 3 heterocycles. The van der Waals surface area contributed by atoms with Crippen molar-refractivity contribution in [2.24, 2.45) is 5.41 Å². The number of hydrogen-bond acceptors (Lipinski definition) is 7. The number of amides is 1. The van der Waals surface area contributed by atoms with E-state index in [4.69, 9.17) is 14.2 Å². The van der Waals surface area contributed by atoms with Crippen LogP contribution < -0.4 is 14.8 Å². The Hall–Kier alpha value is -2.98. The van der Waals surface area contributed by atoms with Gasteiger partial charge in [0.25, 0.3) is 5.91 Å². The highest BCUT2D eigenvalue weighted by molar-refractivity contribution is 6.76. The largest absolute Gasteiger partial charge is 0.477 e. The van der Waals surface area contributed by atoms with Crippen LogP contribution in [0.15, 0.2) is 24.8 Å². The van der Waals surface area contributed by atoms with Crippen LogP contribution in [0.25, 0.3) is 22.3 Å². The first-order valence-electron chi connectivity index (χ1n) is 12.6. The molecule has 3 aromatic rings. The van der Waals surface area contributed by atoms with Crippen molar-refractivity contribution < 1.29 is 19.0 Å². The number of aromatic amines is 1. The summed E-state index contributed by atoms with van der Waals surface area (Å²) in [5.41, 5.74) is 1.97. The molecule has 3 rings (SSSR count). The quantitative estimate of drug-likeness (QED) is 0.244. The number of carbonyl (C=O) groups is 1. The summed E-state index contributed by atoms with van der Waals surface area (Å²) < 4.78 is 16.9. The highest BCUT2D eigenvalue weighted by Gasteiger charge is 2.29. The number of fused-ring (bicyclic) bond motifs is 1. The Morgan fingerprint density at radius 2 is 1.81 bits per heavy atom. The Morgan fingerprint density at radius 3 is 2.46 bits per heavy atom. The molecule has 0 saturated heterocycles. The van der Waals surface area contributed by atoms with E-state index in [0.29, 0.717) is 35.1 Å². The number of hydrogen-bond donors (Lipinski definition) is 2. The molecule has 0 fully saturated rings. The molecular weight excluding hydrogens is 486 g/mol. The average Bonchev–Trinajstić information content (AvgIpc) is 3.20. The van der Waals surface area contributed by atoms with Gasteiger partial charge in [-0.1, -0.05) is 40.4 Å². The molecule has 3 aromatic heterocycles. The molecule has 0 aliphatic rings. The van der Waals surface area contributed by atoms with Gasteiger partial charge in [-0.3, -0.25) is 9.78 Å². The van der Waals surface area contributed by atoms with Crippen molar-refractivity contribution in [2.45, 2.75) is 72.3 Å². The number of pyridine rings is 1. The second-order valence-electron chi connectivity index (χ2n) is 12.5. The van der Waals surface area contributed by atoms with Crippen LogP contribution >= 0.6 is 0 Å². The zero-order valence-corrected chi connectivity index (χ0v) is 24.6. The molecule has 37 heavy (non-hydrogen) atoms. The first kappa shape index (κ1) is 28.6. The lowest BCUT2D eigenvalue weighted by Gasteiger charge is -2.33. The van der Waals surface area contributed by atoms with Crippen molar-refractivity contribution in [1.29, 1.82) is 0 Å². The number of aromatic nitrogens is 4. The summed E-state index contributed by atoms with van der Waals surface area (Å²) in [5, 5.41) is 3.90. The van der Waals surface area contributed by atoms with Crippen LogP contribution in [0.3, 0.4) is 0 Å². The Kier molecular flexibility index (Phi) is 8.64. The van der Waals surface area contributed by atoms with Gasteiger partial charge in [0, 0.05) is 32.5 Å². The zero-order valence-electron chi connectivity index (χ0n) is 23.6. The van der Waals surface area contributed by atoms with E-state index in [1.807, 2.05) is 20.0 Å². The number of ether oxygens (including phenoxy) is 3. The molecule has 0 aromatic carbocycles. The Morgan fingerprint density at radius 1 is 1.08 bits per heavy atom. The van der Waals surface area contributed by atoms with E-state index in [2.05, 4.69) is 65.7 Å². The first-order valence-corrected chi connectivity index (χ1v) is 16.3. The summed E-state index contributed by atoms with van der Waals surface area (Å²) in [6.45, 7) is 18.0. The molecule has 0 radical (unpaired) electrons. The summed E-state index contributed by atoms with van der Waals surface area (Å²) in [6, 6.07) is 2.74. The molecule has 0 aliphatic heterocycles. The maximum absolute atomic E-state index is 13.5. The highest BCUT2D eigenvalue weighted by Crippen LogP contribution is 2.34. The highest BCUT2D eigenvalue weighted by atomic mass is 28.3. The number of nitrogens with zero attached hydrogens (tertiary/aromatic N) is 3. The van der Waals surface area contributed by atoms with E-state index in [0.717, 1.165) is 23.4 Å². The van der Waals surface area contributed by atoms with Gasteiger partial charge in [-0.05, 0) is 37.8 Å². The van der Waals surface area contributed by atoms with Gasteiger partial charge in [-0.25, -0.2) is 9.97 Å². The fraction of sp³-hybridized carbons (Fsp3) is 0.556. The third-order valence-corrected chi connectivity index (χ3v) is 7.37. The van der Waals surface area contributed by atoms with Crippen LogP contribution in [-0.2, 0) is 4.74 Å². The van der Waals surface area contributed by atoms with Gasteiger partial charge < -0.3 is 24.5 Å². The Bertz CT molecular complexity index is 1230. The molecular formula is C27H41N5O4Si. The monoisotopic (exact) mass is 527 g/mol. The minimum atomic E-state index is -1.27. The summed E-state index contributed by atoms with van der Waals surface area (Å²) in [6.07, 6.45) is 5.65. The van der Waals surface area contributed by atoms with Crippen molar-refractivity contribution in [3.8, 4) is 22.9 Å². The first-order chi connectivity index (χ1) is 17.2. The van der Waals surface area contributed by atoms with Crippen molar-refractivity contribution in [3.05, 3.63) is 30.4 Å². The van der Waals surface area contributed by atoms with Crippen LogP contribution in [0.1, 0.15) is 51.4 Å². The molecule has 0 saturated carbocycles. The maximum Gasteiger partial charge on any atom is 0.255 e. The number of methoxy groups -OCH3 is 1. The van der Waals surface area contributed by atoms with Gasteiger partial charge in [0.1, 0.15) is 12.0 Å². The Labute approximate surface area is 220 Å². The molecule has 0 atom stereocenters. The van der Waals surface area contributed by atoms with Crippen molar-refractivity contribution >= 4 is 25.0 Å². The second-order valence-corrected chi connectivity index (χ2v) is 18.1. The molecule has 10 heteroatoms. The van der Waals surface area contributed by atoms with Gasteiger partial charge in [0.05, 0.1) is 29.4 Å². The average molecular weight is 528 g/mol. The van der Waals surface area contributed by atoms with Gasteiger partial charge in [0.2, 0.25) is 5.88 Å². The molecule has 2 N–H and O–H groups in total. The standard InChI is InChI=1S/C27H41N5O4Si/c1-26(2,3)15-27(4,5)32-24(33)18-12-20(28-14-21(18)36-17-34-6)19-13-29-23-22(19)25(31-16-30-23)35-10-11-37(7,8)9/h12-14,16H,10-11,15,17H2,1-9H3,(H,32,33)(H,29,30,31). The van der Waals surface area contributed by atoms with Gasteiger partial charge in [-0.15, -0.1) is 0 Å². The van der Waals surface area contributed by atoms with E-state index >= 15 is 0 Å². The van der Waals surface area contributed by atoms with Crippen LogP contribution in [0.5, 0.6) is 11.6 Å². The maximum atomic E-state index is 13.5. The third kappa shape index (κ3) is 8.00. The fourth-order valence-corrected chi connectivity index (χ4v) is 5.16. The SMILES string of the molecule is COCOc1cnc(-c2c[nH]c3ncnc(OCC[Si](C)(C)C)c23)cc1C(=O)NC(C)(C)CC(C)(C)C. The van der Waals surface area contributed by atoms with Crippen LogP contribution in [0.2, 0.25) is 25.7 Å². The number of nitrogens with one attached hydrogen (secondary N) is 2. The molecule has 1 amide bonds. The summed E-state index contributed by atoms with van der Waals surface area (Å²) in [5.74, 6) is 0.599. The van der Waals surface area contributed by atoms with Gasteiger partial charge >= 0.3 is 0 Å². The van der Waals surface area contributed by atoms with E-state index in [1.54, 1.807) is 12.3 Å². The lowest BCUT2D eigenvalue weighted by Crippen LogP contribution is -2.45. The number of carbonyl (C=O) groups excluding carboxylic acids is 1. The van der Waals surface area contributed by atoms with E-state index in [-0.39, 0.29) is 18.1 Å². The summed E-state index contributed by atoms with van der Waals surface area (Å²) >= 11 is 0. The van der Waals surface area contributed by atoms with E-state index in [1.165, 1.54) is 13.4 Å². The van der Waals surface area contributed by atoms with Crippen molar-refractivity contribution in [2.75, 3.05) is 20.5 Å². The normalized spacial score (nSPS) is 12.6. The van der Waals surface area contributed by atoms with Crippen LogP contribution in [-0.4, -0.2) is 60.0 Å². The molecule has 0 spiro atoms. The predicted octanol–water partition coefficient (Wildman–Crippen LogP) is 5.66. The van der Waals surface area contributed by atoms with E-state index < -0.39 is 13.6 Å². The minimum absolute atomic E-state index is 0.00267.